The van der Waals surface area contributed by atoms with E-state index < -0.39 is 17.3 Å². The molecule has 0 radical (unpaired) electrons. The predicted octanol–water partition coefficient (Wildman–Crippen LogP) is 5.17. The highest BCUT2D eigenvalue weighted by atomic mass is 35.5. The zero-order chi connectivity index (χ0) is 23.2. The molecule has 0 amide bonds. The van der Waals surface area contributed by atoms with Crippen LogP contribution in [0, 0.1) is 0 Å². The van der Waals surface area contributed by atoms with Crippen molar-refractivity contribution in [1.29, 1.82) is 0 Å². The molecule has 1 N–H and O–H groups in total. The minimum atomic E-state index is -4.51. The summed E-state index contributed by atoms with van der Waals surface area (Å²) >= 11 is 6.36. The van der Waals surface area contributed by atoms with E-state index in [4.69, 9.17) is 11.6 Å². The Balaban J connectivity index is 1.33. The molecule has 0 saturated carbocycles. The van der Waals surface area contributed by atoms with Crippen molar-refractivity contribution in [2.75, 3.05) is 18.0 Å². The number of aromatic amines is 1. The van der Waals surface area contributed by atoms with Gasteiger partial charge in [-0.15, -0.1) is 0 Å². The summed E-state index contributed by atoms with van der Waals surface area (Å²) in [6.07, 6.45) is -0.615. The van der Waals surface area contributed by atoms with Gasteiger partial charge in [-0.25, -0.2) is 4.98 Å². The summed E-state index contributed by atoms with van der Waals surface area (Å²) in [6, 6.07) is 12.3. The van der Waals surface area contributed by atoms with Gasteiger partial charge in [0.05, 0.1) is 17.4 Å². The SMILES string of the molecule is O=c1c(Cl)c(N2CCC(c3cc4ccccc4[nH]3)CC2)cnn1-c1ccc(C(F)(F)F)cn1. The van der Waals surface area contributed by atoms with Crippen LogP contribution in [0.5, 0.6) is 0 Å². The summed E-state index contributed by atoms with van der Waals surface area (Å²) in [5, 5.41) is 5.26. The lowest BCUT2D eigenvalue weighted by atomic mass is 9.93. The van der Waals surface area contributed by atoms with Crippen molar-refractivity contribution in [3.63, 3.8) is 0 Å². The maximum Gasteiger partial charge on any atom is 0.417 e. The van der Waals surface area contributed by atoms with Crippen molar-refractivity contribution >= 4 is 28.2 Å². The van der Waals surface area contributed by atoms with E-state index >= 15 is 0 Å². The number of halogens is 4. The number of hydrogen-bond acceptors (Lipinski definition) is 4. The van der Waals surface area contributed by atoms with Crippen LogP contribution in [0.25, 0.3) is 16.7 Å². The first-order chi connectivity index (χ1) is 15.8. The van der Waals surface area contributed by atoms with Crippen LogP contribution < -0.4 is 10.5 Å². The van der Waals surface area contributed by atoms with Crippen LogP contribution in [0.3, 0.4) is 0 Å². The number of piperidine rings is 1. The number of pyridine rings is 1. The molecule has 3 aromatic heterocycles. The van der Waals surface area contributed by atoms with Crippen molar-refractivity contribution < 1.29 is 13.2 Å². The van der Waals surface area contributed by atoms with E-state index in [1.165, 1.54) is 17.3 Å². The molecule has 170 valence electrons. The Kier molecular flexibility index (Phi) is 5.36. The third-order valence-corrected chi connectivity index (χ3v) is 6.37. The fourth-order valence-corrected chi connectivity index (χ4v) is 4.48. The highest BCUT2D eigenvalue weighted by molar-refractivity contribution is 6.33. The second-order valence-corrected chi connectivity index (χ2v) is 8.41. The van der Waals surface area contributed by atoms with Gasteiger partial charge in [0, 0.05) is 36.4 Å². The van der Waals surface area contributed by atoms with Crippen molar-refractivity contribution in [2.24, 2.45) is 0 Å². The summed E-state index contributed by atoms with van der Waals surface area (Å²) in [4.78, 5) is 22.0. The smallest absolute Gasteiger partial charge is 0.369 e. The van der Waals surface area contributed by atoms with Crippen LogP contribution in [0.2, 0.25) is 5.02 Å². The zero-order valence-electron chi connectivity index (χ0n) is 17.3. The molecule has 1 aromatic carbocycles. The molecule has 0 aliphatic carbocycles. The number of aromatic nitrogens is 4. The number of benzene rings is 1. The molecule has 1 aliphatic rings. The van der Waals surface area contributed by atoms with E-state index in [1.807, 2.05) is 17.0 Å². The molecule has 0 spiro atoms. The Hall–Kier alpha value is -3.33. The molecular formula is C23H19ClF3N5O. The highest BCUT2D eigenvalue weighted by Gasteiger charge is 2.31. The van der Waals surface area contributed by atoms with Gasteiger partial charge in [0.1, 0.15) is 5.02 Å². The molecule has 5 rings (SSSR count). The minimum Gasteiger partial charge on any atom is -0.369 e. The number of rotatable bonds is 3. The number of anilines is 1. The topological polar surface area (TPSA) is 66.8 Å². The van der Waals surface area contributed by atoms with E-state index in [-0.39, 0.29) is 10.8 Å². The standard InChI is InChI=1S/C23H19ClF3N5O/c24-21-19(13-29-32(22(21)33)20-6-5-16(12-28-20)23(25,26)27)31-9-7-14(8-10-31)18-11-15-3-1-2-4-17(15)30-18/h1-6,11-14,30H,7-10H2. The quantitative estimate of drug-likeness (QED) is 0.446. The van der Waals surface area contributed by atoms with Crippen molar-refractivity contribution in [3.05, 3.63) is 81.5 Å². The Morgan fingerprint density at radius 2 is 1.82 bits per heavy atom. The van der Waals surface area contributed by atoms with Gasteiger partial charge < -0.3 is 9.88 Å². The Bertz CT molecular complexity index is 1320. The maximum atomic E-state index is 12.8. The van der Waals surface area contributed by atoms with E-state index in [2.05, 4.69) is 33.3 Å². The average molecular weight is 474 g/mol. The maximum absolute atomic E-state index is 12.8. The first-order valence-electron chi connectivity index (χ1n) is 10.5. The molecule has 6 nitrogen and oxygen atoms in total. The summed E-state index contributed by atoms with van der Waals surface area (Å²) < 4.78 is 39.2. The fourth-order valence-electron chi connectivity index (χ4n) is 4.23. The van der Waals surface area contributed by atoms with Gasteiger partial charge in [-0.1, -0.05) is 29.8 Å². The van der Waals surface area contributed by atoms with E-state index in [0.29, 0.717) is 30.9 Å². The fraction of sp³-hybridized carbons (Fsp3) is 0.261. The van der Waals surface area contributed by atoms with Gasteiger partial charge in [0.15, 0.2) is 5.82 Å². The summed E-state index contributed by atoms with van der Waals surface area (Å²) in [6.45, 7) is 1.40. The van der Waals surface area contributed by atoms with Crippen molar-refractivity contribution in [2.45, 2.75) is 24.9 Å². The number of H-pyrrole nitrogens is 1. The number of para-hydroxylation sites is 1. The third kappa shape index (κ3) is 4.08. The molecule has 0 atom stereocenters. The van der Waals surface area contributed by atoms with Crippen LogP contribution in [0.1, 0.15) is 30.0 Å². The Labute approximate surface area is 191 Å². The van der Waals surface area contributed by atoms with Crippen LogP contribution in [0.15, 0.2) is 59.7 Å². The first-order valence-corrected chi connectivity index (χ1v) is 10.8. The van der Waals surface area contributed by atoms with Crippen LogP contribution in [0.4, 0.5) is 18.9 Å². The highest BCUT2D eigenvalue weighted by Crippen LogP contribution is 2.33. The number of nitrogens with one attached hydrogen (secondary N) is 1. The molecule has 1 saturated heterocycles. The Morgan fingerprint density at radius 3 is 2.48 bits per heavy atom. The predicted molar refractivity (Wildman–Crippen MR) is 120 cm³/mol. The molecule has 33 heavy (non-hydrogen) atoms. The normalized spacial score (nSPS) is 15.3. The van der Waals surface area contributed by atoms with Gasteiger partial charge in [0.25, 0.3) is 5.56 Å². The van der Waals surface area contributed by atoms with E-state index in [1.54, 1.807) is 0 Å². The zero-order valence-corrected chi connectivity index (χ0v) is 18.1. The van der Waals surface area contributed by atoms with E-state index in [9.17, 15) is 18.0 Å². The van der Waals surface area contributed by atoms with E-state index in [0.717, 1.165) is 35.2 Å². The number of hydrogen-bond donors (Lipinski definition) is 1. The molecule has 4 aromatic rings. The molecule has 10 heteroatoms. The van der Waals surface area contributed by atoms with Gasteiger partial charge in [-0.3, -0.25) is 4.79 Å². The second-order valence-electron chi connectivity index (χ2n) is 8.04. The molecule has 0 unspecified atom stereocenters. The Morgan fingerprint density at radius 1 is 1.06 bits per heavy atom. The molecule has 0 bridgehead atoms. The minimum absolute atomic E-state index is 0.0287. The summed E-state index contributed by atoms with van der Waals surface area (Å²) in [5.41, 5.74) is 1.30. The number of alkyl halides is 3. The summed E-state index contributed by atoms with van der Waals surface area (Å²) in [7, 11) is 0. The van der Waals surface area contributed by atoms with Crippen molar-refractivity contribution in [1.82, 2.24) is 19.7 Å². The van der Waals surface area contributed by atoms with Crippen LogP contribution >= 0.6 is 11.6 Å². The average Bonchev–Trinajstić information content (AvgIpc) is 3.25. The molecule has 1 fully saturated rings. The third-order valence-electron chi connectivity index (χ3n) is 6.02. The molecular weight excluding hydrogens is 455 g/mol. The van der Waals surface area contributed by atoms with Gasteiger partial charge in [-0.05, 0) is 42.5 Å². The monoisotopic (exact) mass is 473 g/mol. The van der Waals surface area contributed by atoms with Crippen molar-refractivity contribution in [3.8, 4) is 5.82 Å². The summed E-state index contributed by atoms with van der Waals surface area (Å²) in [5.74, 6) is 0.344. The number of fused-ring (bicyclic) bond motifs is 1. The van der Waals surface area contributed by atoms with Gasteiger partial charge in [-0.2, -0.15) is 23.0 Å². The molecule has 1 aliphatic heterocycles. The van der Waals surface area contributed by atoms with Gasteiger partial charge in [0.2, 0.25) is 0 Å². The van der Waals surface area contributed by atoms with Crippen LogP contribution in [-0.2, 0) is 6.18 Å². The lowest BCUT2D eigenvalue weighted by Gasteiger charge is -2.33. The first kappa shape index (κ1) is 21.5. The lowest BCUT2D eigenvalue weighted by molar-refractivity contribution is -0.137. The van der Waals surface area contributed by atoms with Gasteiger partial charge >= 0.3 is 6.18 Å². The molecule has 4 heterocycles. The van der Waals surface area contributed by atoms with Crippen LogP contribution in [-0.4, -0.2) is 32.8 Å². The number of nitrogens with zero attached hydrogens (tertiary/aromatic N) is 4. The lowest BCUT2D eigenvalue weighted by Crippen LogP contribution is -2.35. The largest absolute Gasteiger partial charge is 0.417 e. The second kappa shape index (κ2) is 8.22.